The van der Waals surface area contributed by atoms with Crippen molar-refractivity contribution in [3.05, 3.63) is 46.3 Å². The highest BCUT2D eigenvalue weighted by Gasteiger charge is 2.09. The minimum Gasteiger partial charge on any atom is -0.320 e. The number of rotatable bonds is 3. The van der Waals surface area contributed by atoms with Gasteiger partial charge in [0.25, 0.3) is 5.91 Å². The number of aromatic nitrogens is 2. The Morgan fingerprint density at radius 2 is 2.05 bits per heavy atom. The summed E-state index contributed by atoms with van der Waals surface area (Å²) in [7, 11) is 0. The van der Waals surface area contributed by atoms with Crippen molar-refractivity contribution in [2.45, 2.75) is 0 Å². The molecule has 2 aromatic rings. The monoisotopic (exact) mass is 325 g/mol. The highest BCUT2D eigenvalue weighted by Crippen LogP contribution is 2.19. The Morgan fingerprint density at radius 3 is 2.63 bits per heavy atom. The lowest BCUT2D eigenvalue weighted by atomic mass is 10.3. The quantitative estimate of drug-likeness (QED) is 0.592. The predicted molar refractivity (Wildman–Crippen MR) is 71.9 cm³/mol. The van der Waals surface area contributed by atoms with Crippen LogP contribution in [0.4, 0.5) is 15.9 Å². The van der Waals surface area contributed by atoms with Crippen molar-refractivity contribution in [1.82, 2.24) is 10.2 Å². The fourth-order valence-corrected chi connectivity index (χ4v) is 1.55. The maximum absolute atomic E-state index is 13.3. The second-order valence-electron chi connectivity index (χ2n) is 3.53. The maximum atomic E-state index is 13.3. The van der Waals surface area contributed by atoms with Gasteiger partial charge in [-0.05, 0) is 46.3 Å². The molecule has 0 unspecified atom stereocenters. The van der Waals surface area contributed by atoms with Crippen molar-refractivity contribution in [3.8, 4) is 0 Å². The highest BCUT2D eigenvalue weighted by atomic mass is 79.9. The zero-order valence-corrected chi connectivity index (χ0v) is 11.1. The lowest BCUT2D eigenvalue weighted by molar-refractivity contribution is 0.102. The molecule has 0 saturated carbocycles. The van der Waals surface area contributed by atoms with E-state index in [2.05, 4.69) is 36.9 Å². The Labute approximate surface area is 116 Å². The third-order valence-electron chi connectivity index (χ3n) is 2.22. The van der Waals surface area contributed by atoms with Crippen molar-refractivity contribution >= 4 is 33.3 Å². The van der Waals surface area contributed by atoms with Gasteiger partial charge in [0.15, 0.2) is 11.5 Å². The summed E-state index contributed by atoms with van der Waals surface area (Å²) in [6.07, 6.45) is 0. The van der Waals surface area contributed by atoms with Crippen molar-refractivity contribution in [2.24, 2.45) is 5.84 Å². The first-order chi connectivity index (χ1) is 9.10. The summed E-state index contributed by atoms with van der Waals surface area (Å²) in [5.41, 5.74) is 2.72. The number of hydrogen-bond acceptors (Lipinski definition) is 5. The third-order valence-corrected chi connectivity index (χ3v) is 2.87. The van der Waals surface area contributed by atoms with Gasteiger partial charge in [-0.25, -0.2) is 10.2 Å². The molecule has 0 aliphatic rings. The lowest BCUT2D eigenvalue weighted by Gasteiger charge is -2.05. The summed E-state index contributed by atoms with van der Waals surface area (Å²) >= 11 is 3.03. The number of nitrogens with one attached hydrogen (secondary N) is 2. The van der Waals surface area contributed by atoms with Crippen LogP contribution < -0.4 is 16.6 Å². The van der Waals surface area contributed by atoms with Crippen molar-refractivity contribution in [1.29, 1.82) is 0 Å². The number of nitrogens with zero attached hydrogens (tertiary/aromatic N) is 2. The molecule has 0 aliphatic heterocycles. The number of benzene rings is 1. The Balaban J connectivity index is 2.13. The van der Waals surface area contributed by atoms with Gasteiger partial charge in [-0.3, -0.25) is 4.79 Å². The van der Waals surface area contributed by atoms with Crippen LogP contribution >= 0.6 is 15.9 Å². The molecule has 1 heterocycles. The molecular weight excluding hydrogens is 317 g/mol. The van der Waals surface area contributed by atoms with E-state index in [-0.39, 0.29) is 5.69 Å². The van der Waals surface area contributed by atoms with Crippen LogP contribution in [0, 0.1) is 5.82 Å². The SMILES string of the molecule is NNc1ccc(C(=O)Nc2ccc(Br)c(F)c2)nn1. The van der Waals surface area contributed by atoms with Crippen LogP contribution in [0.3, 0.4) is 0 Å². The Hall–Kier alpha value is -2.06. The number of anilines is 2. The normalized spacial score (nSPS) is 10.1. The molecule has 6 nitrogen and oxygen atoms in total. The molecule has 19 heavy (non-hydrogen) atoms. The van der Waals surface area contributed by atoms with Gasteiger partial charge in [0.1, 0.15) is 5.82 Å². The van der Waals surface area contributed by atoms with Crippen LogP contribution in [-0.2, 0) is 0 Å². The number of hydrazine groups is 1. The molecule has 0 fully saturated rings. The van der Waals surface area contributed by atoms with Crippen LogP contribution in [0.1, 0.15) is 10.5 Å². The molecule has 0 spiro atoms. The molecule has 1 aromatic carbocycles. The second kappa shape index (κ2) is 5.72. The number of nitrogens with two attached hydrogens (primary N) is 1. The first kappa shape index (κ1) is 13.4. The number of halogens is 2. The number of amides is 1. The molecule has 98 valence electrons. The highest BCUT2D eigenvalue weighted by molar-refractivity contribution is 9.10. The number of carbonyl (C=O) groups excluding carboxylic acids is 1. The van der Waals surface area contributed by atoms with E-state index in [1.807, 2.05) is 0 Å². The third kappa shape index (κ3) is 3.24. The Morgan fingerprint density at radius 1 is 1.26 bits per heavy atom. The minimum absolute atomic E-state index is 0.0994. The van der Waals surface area contributed by atoms with Crippen molar-refractivity contribution < 1.29 is 9.18 Å². The van der Waals surface area contributed by atoms with Gasteiger partial charge in [-0.2, -0.15) is 0 Å². The topological polar surface area (TPSA) is 92.9 Å². The molecule has 4 N–H and O–H groups in total. The molecule has 0 atom stereocenters. The summed E-state index contributed by atoms with van der Waals surface area (Å²) in [4.78, 5) is 11.8. The average molecular weight is 326 g/mol. The predicted octanol–water partition coefficient (Wildman–Crippen LogP) is 1.92. The van der Waals surface area contributed by atoms with Crippen LogP contribution in [-0.4, -0.2) is 16.1 Å². The van der Waals surface area contributed by atoms with Crippen molar-refractivity contribution in [3.63, 3.8) is 0 Å². The summed E-state index contributed by atoms with van der Waals surface area (Å²) in [5.74, 6) is 4.52. The van der Waals surface area contributed by atoms with E-state index >= 15 is 0 Å². The van der Waals surface area contributed by atoms with E-state index in [0.29, 0.717) is 16.0 Å². The number of carbonyl (C=O) groups is 1. The Bertz CT molecular complexity index is 605. The maximum Gasteiger partial charge on any atom is 0.276 e. The van der Waals surface area contributed by atoms with Crippen LogP contribution in [0.5, 0.6) is 0 Å². The largest absolute Gasteiger partial charge is 0.320 e. The lowest BCUT2D eigenvalue weighted by Crippen LogP contribution is -2.16. The fraction of sp³-hybridized carbons (Fsp3) is 0. The van der Waals surface area contributed by atoms with Crippen LogP contribution in [0.15, 0.2) is 34.8 Å². The van der Waals surface area contributed by atoms with E-state index in [1.165, 1.54) is 24.3 Å². The van der Waals surface area contributed by atoms with Gasteiger partial charge in [0.2, 0.25) is 0 Å². The Kier molecular flexibility index (Phi) is 4.03. The fourth-order valence-electron chi connectivity index (χ4n) is 1.30. The molecule has 1 aromatic heterocycles. The van der Waals surface area contributed by atoms with E-state index in [0.717, 1.165) is 0 Å². The van der Waals surface area contributed by atoms with Crippen LogP contribution in [0.25, 0.3) is 0 Å². The zero-order chi connectivity index (χ0) is 13.8. The summed E-state index contributed by atoms with van der Waals surface area (Å²) in [6.45, 7) is 0. The van der Waals surface area contributed by atoms with Gasteiger partial charge in [-0.15, -0.1) is 10.2 Å². The van der Waals surface area contributed by atoms with E-state index in [9.17, 15) is 9.18 Å². The van der Waals surface area contributed by atoms with Crippen LogP contribution in [0.2, 0.25) is 0 Å². The molecule has 0 aliphatic carbocycles. The number of nitrogen functional groups attached to an aromatic ring is 1. The van der Waals surface area contributed by atoms with E-state index in [1.54, 1.807) is 6.07 Å². The molecule has 8 heteroatoms. The van der Waals surface area contributed by atoms with E-state index < -0.39 is 11.7 Å². The summed E-state index contributed by atoms with van der Waals surface area (Å²) in [5, 5.41) is 9.85. The molecule has 0 radical (unpaired) electrons. The average Bonchev–Trinajstić information content (AvgIpc) is 2.43. The van der Waals surface area contributed by atoms with Gasteiger partial charge in [0, 0.05) is 5.69 Å². The van der Waals surface area contributed by atoms with Crippen molar-refractivity contribution in [2.75, 3.05) is 10.7 Å². The first-order valence-electron chi connectivity index (χ1n) is 5.17. The van der Waals surface area contributed by atoms with E-state index in [4.69, 9.17) is 5.84 Å². The van der Waals surface area contributed by atoms with Gasteiger partial charge < -0.3 is 10.7 Å². The molecule has 0 saturated heterocycles. The summed E-state index contributed by atoms with van der Waals surface area (Å²) in [6, 6.07) is 7.22. The molecule has 0 bridgehead atoms. The second-order valence-corrected chi connectivity index (χ2v) is 4.39. The minimum atomic E-state index is -0.488. The zero-order valence-electron chi connectivity index (χ0n) is 9.52. The smallest absolute Gasteiger partial charge is 0.276 e. The van der Waals surface area contributed by atoms with Gasteiger partial charge >= 0.3 is 0 Å². The molecule has 2 rings (SSSR count). The molecule has 1 amide bonds. The molecular formula is C11H9BrFN5O. The number of hydrogen-bond donors (Lipinski definition) is 3. The first-order valence-corrected chi connectivity index (χ1v) is 5.96. The standard InChI is InChI=1S/C11H9BrFN5O/c12-7-2-1-6(5-8(7)13)15-11(19)9-3-4-10(16-14)18-17-9/h1-5H,14H2,(H,15,19)(H,16,18). The summed E-state index contributed by atoms with van der Waals surface area (Å²) < 4.78 is 13.6. The van der Waals surface area contributed by atoms with Gasteiger partial charge in [-0.1, -0.05) is 0 Å². The van der Waals surface area contributed by atoms with Gasteiger partial charge in [0.05, 0.1) is 4.47 Å².